The molecule has 6 heteroatoms. The summed E-state index contributed by atoms with van der Waals surface area (Å²) in [5.41, 5.74) is 0.755. The second-order valence-corrected chi connectivity index (χ2v) is 4.83. The Labute approximate surface area is 119 Å². The van der Waals surface area contributed by atoms with Crippen molar-refractivity contribution in [3.63, 3.8) is 0 Å². The first-order chi connectivity index (χ1) is 9.11. The monoisotopic (exact) mass is 324 g/mol. The molecule has 1 unspecified atom stereocenters. The van der Waals surface area contributed by atoms with E-state index in [9.17, 15) is 4.79 Å². The van der Waals surface area contributed by atoms with Crippen LogP contribution in [0.15, 0.2) is 33.3 Å². The van der Waals surface area contributed by atoms with Crippen molar-refractivity contribution in [3.8, 4) is 0 Å². The first-order valence-corrected chi connectivity index (χ1v) is 6.63. The van der Waals surface area contributed by atoms with Crippen LogP contribution in [0.1, 0.15) is 30.1 Å². The van der Waals surface area contributed by atoms with Gasteiger partial charge in [-0.25, -0.2) is 0 Å². The van der Waals surface area contributed by atoms with E-state index < -0.39 is 11.9 Å². The molecule has 0 fully saturated rings. The molecule has 1 heterocycles. The van der Waals surface area contributed by atoms with E-state index in [1.165, 1.54) is 0 Å². The first kappa shape index (κ1) is 13.7. The Balaban J connectivity index is 2.39. The number of rotatable bonds is 4. The number of carbonyl (C=O) groups excluding carboxylic acids is 1. The van der Waals surface area contributed by atoms with Gasteiger partial charge in [-0.2, -0.15) is 4.98 Å². The molecule has 0 aliphatic heterocycles. The van der Waals surface area contributed by atoms with Crippen molar-refractivity contribution in [1.82, 2.24) is 10.1 Å². The van der Waals surface area contributed by atoms with E-state index in [4.69, 9.17) is 9.26 Å². The van der Waals surface area contributed by atoms with Gasteiger partial charge in [0.1, 0.15) is 0 Å². The summed E-state index contributed by atoms with van der Waals surface area (Å²) in [4.78, 5) is 16.2. The minimum atomic E-state index is -0.686. The number of hydrogen-bond donors (Lipinski definition) is 0. The summed E-state index contributed by atoms with van der Waals surface area (Å²) < 4.78 is 11.1. The summed E-state index contributed by atoms with van der Waals surface area (Å²) in [6, 6.07) is 7.35. The van der Waals surface area contributed by atoms with E-state index in [0.717, 1.165) is 10.0 Å². The maximum Gasteiger partial charge on any atom is 0.323 e. The second-order valence-electron chi connectivity index (χ2n) is 3.92. The van der Waals surface area contributed by atoms with Gasteiger partial charge in [-0.1, -0.05) is 33.2 Å². The molecule has 0 spiro atoms. The number of ether oxygens (including phenoxy) is 1. The molecule has 19 heavy (non-hydrogen) atoms. The summed E-state index contributed by atoms with van der Waals surface area (Å²) in [7, 11) is 0. The highest BCUT2D eigenvalue weighted by Crippen LogP contribution is 2.26. The maximum absolute atomic E-state index is 12.1. The molecule has 1 aromatic carbocycles. The van der Waals surface area contributed by atoms with Crippen molar-refractivity contribution in [1.29, 1.82) is 0 Å². The molecule has 2 rings (SSSR count). The van der Waals surface area contributed by atoms with Gasteiger partial charge in [-0.3, -0.25) is 4.79 Å². The van der Waals surface area contributed by atoms with E-state index >= 15 is 0 Å². The van der Waals surface area contributed by atoms with E-state index in [1.807, 2.05) is 24.3 Å². The van der Waals surface area contributed by atoms with Gasteiger partial charge >= 0.3 is 5.97 Å². The molecule has 0 N–H and O–H groups in total. The van der Waals surface area contributed by atoms with Crippen molar-refractivity contribution in [2.75, 3.05) is 6.61 Å². The van der Waals surface area contributed by atoms with Gasteiger partial charge in [-0.05, 0) is 31.5 Å². The van der Waals surface area contributed by atoms with E-state index in [0.29, 0.717) is 12.4 Å². The van der Waals surface area contributed by atoms with Gasteiger partial charge in [0.15, 0.2) is 11.7 Å². The topological polar surface area (TPSA) is 65.2 Å². The standard InChI is InChI=1S/C13H13BrN2O3/c1-3-18-13(17)11(12-15-8(2)16-19-12)9-4-6-10(14)7-5-9/h4-7,11H,3H2,1-2H3. The number of halogens is 1. The normalized spacial score (nSPS) is 12.2. The van der Waals surface area contributed by atoms with Crippen molar-refractivity contribution in [2.45, 2.75) is 19.8 Å². The average molecular weight is 325 g/mol. The molecule has 0 aliphatic rings. The highest BCUT2D eigenvalue weighted by atomic mass is 79.9. The van der Waals surface area contributed by atoms with Gasteiger partial charge < -0.3 is 9.26 Å². The zero-order valence-electron chi connectivity index (χ0n) is 10.6. The zero-order valence-corrected chi connectivity index (χ0v) is 12.2. The molecule has 0 radical (unpaired) electrons. The molecule has 1 aromatic heterocycles. The third-order valence-corrected chi connectivity index (χ3v) is 3.04. The minimum Gasteiger partial charge on any atom is -0.465 e. The van der Waals surface area contributed by atoms with Crippen LogP contribution in [0.25, 0.3) is 0 Å². The number of hydrogen-bond acceptors (Lipinski definition) is 5. The fraction of sp³-hybridized carbons (Fsp3) is 0.308. The molecule has 0 saturated heterocycles. The summed E-state index contributed by atoms with van der Waals surface area (Å²) in [5.74, 6) is -0.345. The summed E-state index contributed by atoms with van der Waals surface area (Å²) in [5, 5.41) is 3.72. The van der Waals surface area contributed by atoms with Gasteiger partial charge in [-0.15, -0.1) is 0 Å². The van der Waals surface area contributed by atoms with E-state index in [1.54, 1.807) is 13.8 Å². The van der Waals surface area contributed by atoms with Crippen molar-refractivity contribution >= 4 is 21.9 Å². The molecular weight excluding hydrogens is 312 g/mol. The molecule has 2 aromatic rings. The van der Waals surface area contributed by atoms with Crippen LogP contribution >= 0.6 is 15.9 Å². The Hall–Kier alpha value is -1.69. The van der Waals surface area contributed by atoms with Gasteiger partial charge in [0.05, 0.1) is 6.61 Å². The Kier molecular flexibility index (Phi) is 4.31. The molecule has 5 nitrogen and oxygen atoms in total. The van der Waals surface area contributed by atoms with E-state index in [-0.39, 0.29) is 5.89 Å². The third-order valence-electron chi connectivity index (χ3n) is 2.52. The Morgan fingerprint density at radius 2 is 2.11 bits per heavy atom. The number of aromatic nitrogens is 2. The van der Waals surface area contributed by atoms with Crippen LogP contribution in [-0.2, 0) is 9.53 Å². The fourth-order valence-electron chi connectivity index (χ4n) is 1.69. The SMILES string of the molecule is CCOC(=O)C(c1ccc(Br)cc1)c1nc(C)no1. The van der Waals surface area contributed by atoms with Crippen LogP contribution in [0.2, 0.25) is 0 Å². The molecule has 100 valence electrons. The lowest BCUT2D eigenvalue weighted by molar-refractivity contribution is -0.144. The zero-order chi connectivity index (χ0) is 13.8. The van der Waals surface area contributed by atoms with Gasteiger partial charge in [0.2, 0.25) is 5.89 Å². The molecule has 0 aliphatic carbocycles. The number of aryl methyl sites for hydroxylation is 1. The summed E-state index contributed by atoms with van der Waals surface area (Å²) in [6.07, 6.45) is 0. The first-order valence-electron chi connectivity index (χ1n) is 5.84. The Morgan fingerprint density at radius 3 is 2.63 bits per heavy atom. The minimum absolute atomic E-state index is 0.248. The lowest BCUT2D eigenvalue weighted by Gasteiger charge is -2.12. The summed E-state index contributed by atoms with van der Waals surface area (Å²) >= 11 is 3.36. The molecule has 0 bridgehead atoms. The van der Waals surface area contributed by atoms with Gasteiger partial charge in [0, 0.05) is 4.47 Å². The third kappa shape index (κ3) is 3.20. The predicted octanol–water partition coefficient (Wildman–Crippen LogP) is 2.84. The quantitative estimate of drug-likeness (QED) is 0.809. The molecule has 0 saturated carbocycles. The number of carbonyl (C=O) groups is 1. The molecule has 0 amide bonds. The number of benzene rings is 1. The fourth-order valence-corrected chi connectivity index (χ4v) is 1.96. The van der Waals surface area contributed by atoms with Gasteiger partial charge in [0.25, 0.3) is 0 Å². The van der Waals surface area contributed by atoms with Crippen LogP contribution in [-0.4, -0.2) is 22.7 Å². The van der Waals surface area contributed by atoms with Crippen LogP contribution in [0.5, 0.6) is 0 Å². The van der Waals surface area contributed by atoms with Crippen LogP contribution in [0.4, 0.5) is 0 Å². The second kappa shape index (κ2) is 5.97. The maximum atomic E-state index is 12.1. The summed E-state index contributed by atoms with van der Waals surface area (Å²) in [6.45, 7) is 3.77. The smallest absolute Gasteiger partial charge is 0.323 e. The highest BCUT2D eigenvalue weighted by Gasteiger charge is 2.29. The lowest BCUT2D eigenvalue weighted by atomic mass is 9.99. The Morgan fingerprint density at radius 1 is 1.42 bits per heavy atom. The highest BCUT2D eigenvalue weighted by molar-refractivity contribution is 9.10. The Bertz CT molecular complexity index is 566. The number of nitrogens with zero attached hydrogens (tertiary/aromatic N) is 2. The van der Waals surface area contributed by atoms with Crippen LogP contribution in [0.3, 0.4) is 0 Å². The number of esters is 1. The van der Waals surface area contributed by atoms with Crippen molar-refractivity contribution < 1.29 is 14.1 Å². The predicted molar refractivity (Wildman–Crippen MR) is 71.7 cm³/mol. The average Bonchev–Trinajstić information content (AvgIpc) is 2.79. The largest absolute Gasteiger partial charge is 0.465 e. The van der Waals surface area contributed by atoms with E-state index in [2.05, 4.69) is 26.1 Å². The van der Waals surface area contributed by atoms with Crippen LogP contribution in [0, 0.1) is 6.92 Å². The van der Waals surface area contributed by atoms with Crippen molar-refractivity contribution in [2.24, 2.45) is 0 Å². The van der Waals surface area contributed by atoms with Crippen molar-refractivity contribution in [3.05, 3.63) is 46.0 Å². The van der Waals surface area contributed by atoms with Crippen LogP contribution < -0.4 is 0 Å². The molecule has 1 atom stereocenters. The lowest BCUT2D eigenvalue weighted by Crippen LogP contribution is -2.17. The molecular formula is C13H13BrN2O3.